The van der Waals surface area contributed by atoms with Gasteiger partial charge in [0, 0.05) is 10.0 Å². The Bertz CT molecular complexity index is 675. The van der Waals surface area contributed by atoms with E-state index in [0.717, 1.165) is 21.8 Å². The number of ether oxygens (including phenoxy) is 2. The molecule has 2 rings (SSSR count). The minimum atomic E-state index is -0.516. The van der Waals surface area contributed by atoms with E-state index in [1.54, 1.807) is 19.3 Å². The molecule has 1 saturated heterocycles. The van der Waals surface area contributed by atoms with Crippen molar-refractivity contribution in [1.82, 2.24) is 4.90 Å². The Morgan fingerprint density at radius 1 is 1.45 bits per heavy atom. The van der Waals surface area contributed by atoms with Gasteiger partial charge in [-0.3, -0.25) is 14.5 Å². The first-order chi connectivity index (χ1) is 10.5. The lowest BCUT2D eigenvalue weighted by atomic mass is 10.2. The summed E-state index contributed by atoms with van der Waals surface area (Å²) in [5.41, 5.74) is 0.746. The number of carbonyl (C=O) groups excluding carboxylic acids is 2. The van der Waals surface area contributed by atoms with Crippen LogP contribution in [0.25, 0.3) is 6.08 Å². The molecule has 0 unspecified atom stereocenters. The molecule has 0 bridgehead atoms. The second kappa shape index (κ2) is 7.26. The summed E-state index contributed by atoms with van der Waals surface area (Å²) in [6, 6.07) is 5.48. The molecular weight excluding hydrogens is 390 g/mol. The van der Waals surface area contributed by atoms with Crippen LogP contribution in [0.5, 0.6) is 5.75 Å². The van der Waals surface area contributed by atoms with E-state index in [4.69, 9.17) is 17.0 Å². The first kappa shape index (κ1) is 17.0. The van der Waals surface area contributed by atoms with Crippen LogP contribution in [0.3, 0.4) is 0 Å². The van der Waals surface area contributed by atoms with Crippen LogP contribution in [-0.2, 0) is 14.3 Å². The average molecular weight is 402 g/mol. The second-order valence-corrected chi connectivity index (χ2v) is 6.82. The SMILES string of the molecule is COC(=O)CN1C(=O)/C(=C/c2cc(Br)ccc2OC)SC1=S. The Balaban J connectivity index is 2.30. The van der Waals surface area contributed by atoms with Gasteiger partial charge in [-0.05, 0) is 24.3 Å². The van der Waals surface area contributed by atoms with Crippen molar-refractivity contribution in [3.8, 4) is 5.75 Å². The Hall–Kier alpha value is -1.38. The number of halogens is 1. The molecule has 8 heteroatoms. The van der Waals surface area contributed by atoms with Gasteiger partial charge in [-0.1, -0.05) is 39.9 Å². The quantitative estimate of drug-likeness (QED) is 0.439. The van der Waals surface area contributed by atoms with Gasteiger partial charge in [0.05, 0.1) is 19.1 Å². The summed E-state index contributed by atoms with van der Waals surface area (Å²) in [7, 11) is 2.82. The Morgan fingerprint density at radius 3 is 2.82 bits per heavy atom. The van der Waals surface area contributed by atoms with Crippen molar-refractivity contribution < 1.29 is 19.1 Å². The van der Waals surface area contributed by atoms with Gasteiger partial charge in [-0.25, -0.2) is 0 Å². The van der Waals surface area contributed by atoms with Crippen LogP contribution in [0.1, 0.15) is 5.56 Å². The molecule has 0 N–H and O–H groups in total. The largest absolute Gasteiger partial charge is 0.496 e. The van der Waals surface area contributed by atoms with Crippen molar-refractivity contribution in [3.63, 3.8) is 0 Å². The van der Waals surface area contributed by atoms with Crippen LogP contribution < -0.4 is 4.74 Å². The molecule has 116 valence electrons. The van der Waals surface area contributed by atoms with Gasteiger partial charge in [0.2, 0.25) is 0 Å². The molecule has 0 atom stereocenters. The third kappa shape index (κ3) is 3.68. The third-order valence-corrected chi connectivity index (χ3v) is 4.74. The first-order valence-electron chi connectivity index (χ1n) is 6.12. The standard InChI is InChI=1S/C14H12BrNO4S2/c1-19-10-4-3-9(15)5-8(10)6-11-13(18)16(14(21)22-11)7-12(17)20-2/h3-6H,7H2,1-2H3/b11-6-. The first-order valence-corrected chi connectivity index (χ1v) is 8.13. The molecule has 22 heavy (non-hydrogen) atoms. The van der Waals surface area contributed by atoms with E-state index in [2.05, 4.69) is 20.7 Å². The number of nitrogens with zero attached hydrogens (tertiary/aromatic N) is 1. The maximum absolute atomic E-state index is 12.3. The van der Waals surface area contributed by atoms with Gasteiger partial charge < -0.3 is 9.47 Å². The molecule has 1 aromatic carbocycles. The summed E-state index contributed by atoms with van der Waals surface area (Å²) in [5.74, 6) is -0.193. The highest BCUT2D eigenvalue weighted by molar-refractivity contribution is 9.10. The topological polar surface area (TPSA) is 55.8 Å². The molecule has 0 radical (unpaired) electrons. The maximum Gasteiger partial charge on any atom is 0.325 e. The lowest BCUT2D eigenvalue weighted by Crippen LogP contribution is -2.33. The fourth-order valence-corrected chi connectivity index (χ4v) is 3.41. The van der Waals surface area contributed by atoms with E-state index in [0.29, 0.717) is 15.0 Å². The number of methoxy groups -OCH3 is 2. The summed E-state index contributed by atoms with van der Waals surface area (Å²) in [6.45, 7) is -0.186. The van der Waals surface area contributed by atoms with E-state index < -0.39 is 5.97 Å². The number of rotatable bonds is 4. The van der Waals surface area contributed by atoms with Gasteiger partial charge in [-0.2, -0.15) is 0 Å². The Morgan fingerprint density at radius 2 is 2.18 bits per heavy atom. The molecule has 1 amide bonds. The Kier molecular flexibility index (Phi) is 5.60. The number of benzene rings is 1. The number of thiocarbonyl (C=S) groups is 1. The van der Waals surface area contributed by atoms with Crippen molar-refractivity contribution >= 4 is 62.2 Å². The van der Waals surface area contributed by atoms with E-state index >= 15 is 0 Å². The highest BCUT2D eigenvalue weighted by Crippen LogP contribution is 2.34. The van der Waals surface area contributed by atoms with Crippen molar-refractivity contribution in [1.29, 1.82) is 0 Å². The molecule has 0 saturated carbocycles. The summed E-state index contributed by atoms with van der Waals surface area (Å²) in [6.07, 6.45) is 1.69. The molecule has 1 aromatic rings. The van der Waals surface area contributed by atoms with Crippen molar-refractivity contribution in [2.75, 3.05) is 20.8 Å². The lowest BCUT2D eigenvalue weighted by Gasteiger charge is -2.12. The number of thioether (sulfide) groups is 1. The summed E-state index contributed by atoms with van der Waals surface area (Å²) >= 11 is 9.67. The predicted molar refractivity (Wildman–Crippen MR) is 92.6 cm³/mol. The highest BCUT2D eigenvalue weighted by atomic mass is 79.9. The normalized spacial score (nSPS) is 16.3. The predicted octanol–water partition coefficient (Wildman–Crippen LogP) is 2.83. The summed E-state index contributed by atoms with van der Waals surface area (Å²) in [5, 5.41) is 0. The summed E-state index contributed by atoms with van der Waals surface area (Å²) in [4.78, 5) is 25.3. The van der Waals surface area contributed by atoms with Gasteiger partial charge >= 0.3 is 5.97 Å². The van der Waals surface area contributed by atoms with Crippen molar-refractivity contribution in [3.05, 3.63) is 33.1 Å². The van der Waals surface area contributed by atoms with Crippen LogP contribution in [0, 0.1) is 0 Å². The third-order valence-electron chi connectivity index (χ3n) is 2.87. The second-order valence-electron chi connectivity index (χ2n) is 4.23. The van der Waals surface area contributed by atoms with Gasteiger partial charge in [0.1, 0.15) is 16.6 Å². The molecule has 1 heterocycles. The van der Waals surface area contributed by atoms with Gasteiger partial charge in [0.15, 0.2) is 0 Å². The number of esters is 1. The Labute approximate surface area is 145 Å². The summed E-state index contributed by atoms with van der Waals surface area (Å²) < 4.78 is 11.0. The molecule has 5 nitrogen and oxygen atoms in total. The van der Waals surface area contributed by atoms with Crippen LogP contribution >= 0.6 is 39.9 Å². The zero-order valence-corrected chi connectivity index (χ0v) is 15.0. The maximum atomic E-state index is 12.3. The number of amides is 1. The smallest absolute Gasteiger partial charge is 0.325 e. The van der Waals surface area contributed by atoms with E-state index in [1.807, 2.05) is 12.1 Å². The molecule has 0 aromatic heterocycles. The minimum Gasteiger partial charge on any atom is -0.496 e. The monoisotopic (exact) mass is 401 g/mol. The molecule has 1 aliphatic heterocycles. The fraction of sp³-hybridized carbons (Fsp3) is 0.214. The molecule has 0 spiro atoms. The lowest BCUT2D eigenvalue weighted by molar-refractivity contribution is -0.143. The average Bonchev–Trinajstić information content (AvgIpc) is 2.75. The van der Waals surface area contributed by atoms with E-state index in [-0.39, 0.29) is 12.5 Å². The zero-order chi connectivity index (χ0) is 16.3. The molecule has 1 fully saturated rings. The van der Waals surface area contributed by atoms with Gasteiger partial charge in [0.25, 0.3) is 5.91 Å². The fourth-order valence-electron chi connectivity index (χ4n) is 1.79. The molecule has 1 aliphatic rings. The minimum absolute atomic E-state index is 0.186. The van der Waals surface area contributed by atoms with Crippen LogP contribution in [0.15, 0.2) is 27.6 Å². The zero-order valence-electron chi connectivity index (χ0n) is 11.8. The van der Waals surface area contributed by atoms with Crippen LogP contribution in [0.2, 0.25) is 0 Å². The van der Waals surface area contributed by atoms with E-state index in [1.165, 1.54) is 12.0 Å². The number of hydrogen-bond donors (Lipinski definition) is 0. The van der Waals surface area contributed by atoms with Gasteiger partial charge in [-0.15, -0.1) is 0 Å². The molecule has 0 aliphatic carbocycles. The van der Waals surface area contributed by atoms with Crippen molar-refractivity contribution in [2.24, 2.45) is 0 Å². The number of carbonyl (C=O) groups is 2. The van der Waals surface area contributed by atoms with Crippen LogP contribution in [0.4, 0.5) is 0 Å². The van der Waals surface area contributed by atoms with E-state index in [9.17, 15) is 9.59 Å². The molecular formula is C14H12BrNO4S2. The number of hydrogen-bond acceptors (Lipinski definition) is 6. The highest BCUT2D eigenvalue weighted by Gasteiger charge is 2.33. The van der Waals surface area contributed by atoms with Crippen LogP contribution in [-0.4, -0.2) is 41.9 Å². The van der Waals surface area contributed by atoms with Crippen molar-refractivity contribution in [2.45, 2.75) is 0 Å².